The predicted octanol–water partition coefficient (Wildman–Crippen LogP) is 2.20. The second-order valence-electron chi connectivity index (χ2n) is 6.72. The second kappa shape index (κ2) is 10.2. The van der Waals surface area contributed by atoms with Crippen LogP contribution in [0.2, 0.25) is 0 Å². The summed E-state index contributed by atoms with van der Waals surface area (Å²) in [5.41, 5.74) is 1.89. The fourth-order valence-corrected chi connectivity index (χ4v) is 3.56. The molecule has 0 N–H and O–H groups in total. The van der Waals surface area contributed by atoms with Gasteiger partial charge in [-0.05, 0) is 24.0 Å². The average molecular weight is 400 g/mol. The summed E-state index contributed by atoms with van der Waals surface area (Å²) in [6, 6.07) is 15.5. The van der Waals surface area contributed by atoms with Crippen LogP contribution < -0.4 is 0 Å². The van der Waals surface area contributed by atoms with E-state index in [0.717, 1.165) is 11.3 Å². The van der Waals surface area contributed by atoms with Gasteiger partial charge in [-0.3, -0.25) is 14.6 Å². The fourth-order valence-electron chi connectivity index (χ4n) is 3.13. The van der Waals surface area contributed by atoms with Gasteiger partial charge in [-0.1, -0.05) is 36.4 Å². The first-order valence-corrected chi connectivity index (χ1v) is 10.6. The molecule has 7 heteroatoms. The highest BCUT2D eigenvalue weighted by Gasteiger charge is 2.30. The van der Waals surface area contributed by atoms with Gasteiger partial charge in [0.25, 0.3) is 0 Å². The highest BCUT2D eigenvalue weighted by molar-refractivity contribution is 7.99. The monoisotopic (exact) mass is 399 g/mol. The minimum atomic E-state index is -0.261. The summed E-state index contributed by atoms with van der Waals surface area (Å²) >= 11 is 1.46. The largest absolute Gasteiger partial charge is 0.368 e. The molecule has 1 unspecified atom stereocenters. The molecule has 1 saturated heterocycles. The van der Waals surface area contributed by atoms with E-state index >= 15 is 0 Å². The molecule has 0 spiro atoms. The summed E-state index contributed by atoms with van der Waals surface area (Å²) in [6.45, 7) is 1.81. The first kappa shape index (κ1) is 20.4. The molecule has 1 aliphatic heterocycles. The number of pyridine rings is 1. The van der Waals surface area contributed by atoms with Crippen LogP contribution in [0.5, 0.6) is 0 Å². The molecule has 3 rings (SSSR count). The molecule has 1 aromatic heterocycles. The molecular formula is C21H25N3O3S. The maximum Gasteiger partial charge on any atom is 0.242 e. The molecule has 0 bridgehead atoms. The number of amides is 2. The molecule has 1 fully saturated rings. The van der Waals surface area contributed by atoms with Crippen LogP contribution in [0, 0.1) is 0 Å². The topological polar surface area (TPSA) is 62.7 Å². The zero-order valence-corrected chi connectivity index (χ0v) is 16.8. The molecule has 6 nitrogen and oxygen atoms in total. The molecule has 0 aliphatic carbocycles. The van der Waals surface area contributed by atoms with Crippen LogP contribution in [0.3, 0.4) is 0 Å². The standard InChI is InChI=1S/C21H25N3O3S/c1-28-16-21(26)24-13-19(27-15-18-9-5-6-10-22-18)12-23(20(25)14-24)11-17-7-3-2-4-8-17/h2-10,19H,11-16H2,1H3. The van der Waals surface area contributed by atoms with E-state index in [2.05, 4.69) is 4.98 Å². The number of hydrogen-bond donors (Lipinski definition) is 0. The number of carbonyl (C=O) groups is 2. The van der Waals surface area contributed by atoms with E-state index in [9.17, 15) is 9.59 Å². The minimum absolute atomic E-state index is 0.0335. The molecule has 0 saturated carbocycles. The molecule has 1 aliphatic rings. The minimum Gasteiger partial charge on any atom is -0.368 e. The first-order chi connectivity index (χ1) is 13.7. The molecule has 2 amide bonds. The van der Waals surface area contributed by atoms with Crippen LogP contribution in [-0.4, -0.2) is 64.3 Å². The lowest BCUT2D eigenvalue weighted by atomic mass is 10.2. The van der Waals surface area contributed by atoms with Crippen molar-refractivity contribution in [3.05, 3.63) is 66.0 Å². The summed E-state index contributed by atoms with van der Waals surface area (Å²) in [5.74, 6) is 0.273. The Labute approximate surface area is 169 Å². The van der Waals surface area contributed by atoms with Gasteiger partial charge in [0.15, 0.2) is 0 Å². The lowest BCUT2D eigenvalue weighted by molar-refractivity contribution is -0.137. The van der Waals surface area contributed by atoms with Crippen molar-refractivity contribution in [2.45, 2.75) is 19.3 Å². The SMILES string of the molecule is CSCC(=O)N1CC(=O)N(Cc2ccccc2)CC(OCc2ccccn2)C1. The van der Waals surface area contributed by atoms with Gasteiger partial charge in [-0.25, -0.2) is 0 Å². The van der Waals surface area contributed by atoms with Crippen LogP contribution in [0.25, 0.3) is 0 Å². The summed E-state index contributed by atoms with van der Waals surface area (Å²) in [4.78, 5) is 32.9. The van der Waals surface area contributed by atoms with E-state index in [1.165, 1.54) is 11.8 Å². The van der Waals surface area contributed by atoms with Gasteiger partial charge in [0.1, 0.15) is 0 Å². The number of rotatable bonds is 7. The third-order valence-electron chi connectivity index (χ3n) is 4.56. The summed E-state index contributed by atoms with van der Waals surface area (Å²) < 4.78 is 6.07. The van der Waals surface area contributed by atoms with Crippen LogP contribution in [0.15, 0.2) is 54.7 Å². The summed E-state index contributed by atoms with van der Waals surface area (Å²) in [6.07, 6.45) is 3.35. The van der Waals surface area contributed by atoms with Gasteiger partial charge in [0.2, 0.25) is 11.8 Å². The Morgan fingerprint density at radius 2 is 1.96 bits per heavy atom. The van der Waals surface area contributed by atoms with E-state index in [4.69, 9.17) is 4.74 Å². The van der Waals surface area contributed by atoms with Gasteiger partial charge in [0, 0.05) is 25.8 Å². The molecule has 28 heavy (non-hydrogen) atoms. The van der Waals surface area contributed by atoms with Gasteiger partial charge >= 0.3 is 0 Å². The summed E-state index contributed by atoms with van der Waals surface area (Å²) in [7, 11) is 0. The molecule has 2 heterocycles. The number of benzene rings is 1. The average Bonchev–Trinajstić information content (AvgIpc) is 2.87. The Hall–Kier alpha value is -2.38. The Balaban J connectivity index is 1.72. The van der Waals surface area contributed by atoms with Crippen molar-refractivity contribution in [3.8, 4) is 0 Å². The Morgan fingerprint density at radius 1 is 1.18 bits per heavy atom. The van der Waals surface area contributed by atoms with Crippen molar-refractivity contribution >= 4 is 23.6 Å². The van der Waals surface area contributed by atoms with Crippen LogP contribution >= 0.6 is 11.8 Å². The Bertz CT molecular complexity index is 773. The Morgan fingerprint density at radius 3 is 2.68 bits per heavy atom. The van der Waals surface area contributed by atoms with Crippen molar-refractivity contribution < 1.29 is 14.3 Å². The lowest BCUT2D eigenvalue weighted by Crippen LogP contribution is -2.40. The van der Waals surface area contributed by atoms with E-state index in [0.29, 0.717) is 32.0 Å². The van der Waals surface area contributed by atoms with Gasteiger partial charge < -0.3 is 14.5 Å². The number of hydrogen-bond acceptors (Lipinski definition) is 5. The van der Waals surface area contributed by atoms with E-state index in [1.807, 2.05) is 54.8 Å². The molecular weight excluding hydrogens is 374 g/mol. The zero-order chi connectivity index (χ0) is 19.8. The van der Waals surface area contributed by atoms with Gasteiger partial charge in [-0.15, -0.1) is 0 Å². The lowest BCUT2D eigenvalue weighted by Gasteiger charge is -2.24. The number of thioether (sulfide) groups is 1. The smallest absolute Gasteiger partial charge is 0.242 e. The van der Waals surface area contributed by atoms with Crippen molar-refractivity contribution in [2.75, 3.05) is 31.6 Å². The number of aromatic nitrogens is 1. The van der Waals surface area contributed by atoms with Crippen LogP contribution in [0.1, 0.15) is 11.3 Å². The van der Waals surface area contributed by atoms with Crippen LogP contribution in [0.4, 0.5) is 0 Å². The quantitative estimate of drug-likeness (QED) is 0.714. The highest BCUT2D eigenvalue weighted by Crippen LogP contribution is 2.14. The van der Waals surface area contributed by atoms with E-state index in [1.54, 1.807) is 16.0 Å². The molecule has 148 valence electrons. The number of carbonyl (C=O) groups excluding carboxylic acids is 2. The maximum atomic E-state index is 12.8. The molecule has 2 aromatic rings. The van der Waals surface area contributed by atoms with Gasteiger partial charge in [0.05, 0.1) is 30.7 Å². The highest BCUT2D eigenvalue weighted by atomic mass is 32.2. The predicted molar refractivity (Wildman–Crippen MR) is 110 cm³/mol. The maximum absolute atomic E-state index is 12.8. The molecule has 1 aromatic carbocycles. The van der Waals surface area contributed by atoms with Crippen molar-refractivity contribution in [1.82, 2.24) is 14.8 Å². The molecule has 0 radical (unpaired) electrons. The summed E-state index contributed by atoms with van der Waals surface area (Å²) in [5, 5.41) is 0. The van der Waals surface area contributed by atoms with Crippen molar-refractivity contribution in [1.29, 1.82) is 0 Å². The van der Waals surface area contributed by atoms with Crippen LogP contribution in [-0.2, 0) is 27.5 Å². The van der Waals surface area contributed by atoms with E-state index in [-0.39, 0.29) is 24.5 Å². The van der Waals surface area contributed by atoms with Crippen molar-refractivity contribution in [2.24, 2.45) is 0 Å². The first-order valence-electron chi connectivity index (χ1n) is 9.25. The van der Waals surface area contributed by atoms with E-state index < -0.39 is 0 Å². The third kappa shape index (κ3) is 5.81. The second-order valence-corrected chi connectivity index (χ2v) is 7.59. The Kier molecular flexibility index (Phi) is 7.45. The number of ether oxygens (including phenoxy) is 1. The van der Waals surface area contributed by atoms with Gasteiger partial charge in [-0.2, -0.15) is 11.8 Å². The normalized spacial score (nSPS) is 17.5. The van der Waals surface area contributed by atoms with Crippen molar-refractivity contribution in [3.63, 3.8) is 0 Å². The molecule has 1 atom stereocenters. The third-order valence-corrected chi connectivity index (χ3v) is 5.09. The fraction of sp³-hybridized carbons (Fsp3) is 0.381. The number of nitrogens with zero attached hydrogens (tertiary/aromatic N) is 3. The zero-order valence-electron chi connectivity index (χ0n) is 16.0.